The van der Waals surface area contributed by atoms with Crippen molar-refractivity contribution in [3.63, 3.8) is 0 Å². The zero-order valence-electron chi connectivity index (χ0n) is 29.8. The van der Waals surface area contributed by atoms with Gasteiger partial charge in [-0.15, -0.1) is 18.9 Å². The summed E-state index contributed by atoms with van der Waals surface area (Å²) in [6, 6.07) is 26.6. The molecule has 0 unspecified atom stereocenters. The van der Waals surface area contributed by atoms with Gasteiger partial charge in [-0.3, -0.25) is 4.55 Å². The van der Waals surface area contributed by atoms with Gasteiger partial charge in [0, 0.05) is 10.3 Å². The fourth-order valence-corrected chi connectivity index (χ4v) is 6.67. The van der Waals surface area contributed by atoms with Gasteiger partial charge in [-0.1, -0.05) is 10.1 Å². The van der Waals surface area contributed by atoms with Gasteiger partial charge >= 0.3 is 0 Å². The van der Waals surface area contributed by atoms with E-state index in [4.69, 9.17) is 10.5 Å². The van der Waals surface area contributed by atoms with Crippen LogP contribution < -0.4 is 0 Å². The average molecular weight is 845 g/mol. The quantitative estimate of drug-likeness (QED) is 0.0212. The van der Waals surface area contributed by atoms with E-state index in [2.05, 4.69) is 59.7 Å². The Morgan fingerprint density at radius 3 is 1.67 bits per heavy atom. The number of benzene rings is 6. The summed E-state index contributed by atoms with van der Waals surface area (Å²) >= 11 is 1.11. The number of aromatic hydroxyl groups is 2. The molecule has 58 heavy (non-hydrogen) atoms. The summed E-state index contributed by atoms with van der Waals surface area (Å²) in [5.41, 5.74) is 4.17. The van der Waals surface area contributed by atoms with Crippen molar-refractivity contribution in [2.24, 2.45) is 40.9 Å². The first-order valence-corrected chi connectivity index (χ1v) is 19.2. The first-order valence-electron chi connectivity index (χ1n) is 16.3. The highest BCUT2D eigenvalue weighted by molar-refractivity contribution is 7.95. The predicted molar refractivity (Wildman–Crippen MR) is 210 cm³/mol. The lowest BCUT2D eigenvalue weighted by molar-refractivity contribution is -0.432. The van der Waals surface area contributed by atoms with E-state index in [1.807, 2.05) is 6.92 Å². The van der Waals surface area contributed by atoms with E-state index in [1.54, 1.807) is 79.7 Å². The van der Waals surface area contributed by atoms with Crippen LogP contribution >= 0.6 is 24.1 Å². The van der Waals surface area contributed by atoms with E-state index >= 15 is 0 Å². The molecule has 0 spiro atoms. The molecule has 6 aromatic rings. The van der Waals surface area contributed by atoms with Crippen LogP contribution in [0.3, 0.4) is 0 Å². The Labute approximate surface area is 336 Å². The molecule has 0 atom stereocenters. The number of fused-ring (bicyclic) bond motifs is 1. The van der Waals surface area contributed by atoms with Crippen LogP contribution in [0.1, 0.15) is 11.1 Å². The van der Waals surface area contributed by atoms with Gasteiger partial charge in [-0.2, -0.15) is 39.1 Å². The zero-order valence-corrected chi connectivity index (χ0v) is 32.3. The normalized spacial score (nSPS) is 12.3. The number of nitrogens with zero attached hydrogens (tertiary/aromatic N) is 8. The van der Waals surface area contributed by atoms with E-state index in [0.717, 1.165) is 6.07 Å². The molecule has 0 heterocycles. The topological polar surface area (TPSA) is 271 Å². The van der Waals surface area contributed by atoms with Crippen molar-refractivity contribution in [1.29, 1.82) is 0 Å². The number of phenolic OH excluding ortho intramolecular Hbond substituents is 2. The van der Waals surface area contributed by atoms with Gasteiger partial charge in [0.2, 0.25) is 0 Å². The number of aryl methyl sites for hydroxylation is 2. The van der Waals surface area contributed by atoms with Crippen molar-refractivity contribution in [1.82, 2.24) is 0 Å². The van der Waals surface area contributed by atoms with Gasteiger partial charge < -0.3 is 10.2 Å². The minimum absolute atomic E-state index is 0.0487. The zero-order chi connectivity index (χ0) is 41.2. The van der Waals surface area contributed by atoms with Crippen LogP contribution in [0.2, 0.25) is 0 Å². The van der Waals surface area contributed by atoms with Gasteiger partial charge in [-0.25, -0.2) is 10.5 Å². The lowest BCUT2D eigenvalue weighted by atomic mass is 10.1. The third-order valence-electron chi connectivity index (χ3n) is 7.86. The molecule has 0 bridgehead atoms. The second kappa shape index (κ2) is 18.9. The van der Waals surface area contributed by atoms with Gasteiger partial charge in [-0.05, 0) is 133 Å². The molecule has 19 nitrogen and oxygen atoms in total. The minimum atomic E-state index is -4.68. The average Bonchev–Trinajstić information content (AvgIpc) is 3.21. The van der Waals surface area contributed by atoms with E-state index in [1.165, 1.54) is 24.3 Å². The Hall–Kier alpha value is -6.05. The minimum Gasteiger partial charge on any atom is -0.508 e. The lowest BCUT2D eigenvalue weighted by Crippen LogP contribution is -1.98. The Bertz CT molecular complexity index is 2680. The Kier molecular flexibility index (Phi) is 13.6. The smallest absolute Gasteiger partial charge is 0.296 e. The molecule has 296 valence electrons. The van der Waals surface area contributed by atoms with Crippen LogP contribution in [-0.4, -0.2) is 33.7 Å². The van der Waals surface area contributed by atoms with Gasteiger partial charge in [0.05, 0.1) is 63.1 Å². The number of hydrogen-bond acceptors (Lipinski definition) is 20. The number of rotatable bonds is 15. The van der Waals surface area contributed by atoms with Crippen LogP contribution in [0.25, 0.3) is 10.8 Å². The largest absolute Gasteiger partial charge is 0.508 e. The standard InChI is InChI=1S/C36H28N8O11S3/c1-20-16-32(43-44-35-33(57-55-53-48)18-22-17-26(9-13-29(22)36(35)46)40-37-25-7-10-27(45)11-8-25)21(2)15-31(20)42-39-24-5-3-23(4-6-24)38-41-30-14-12-28(56-54-52-47)19-34(30)58(49,50)51/h3-19,45-48H,1-2H3,(H,49,50,51). The number of phenols is 2. The van der Waals surface area contributed by atoms with E-state index in [9.17, 15) is 23.2 Å². The third-order valence-corrected chi connectivity index (χ3v) is 9.94. The summed E-state index contributed by atoms with van der Waals surface area (Å²) in [6.07, 6.45) is 0. The Morgan fingerprint density at radius 1 is 0.552 bits per heavy atom. The molecule has 5 N–H and O–H groups in total. The van der Waals surface area contributed by atoms with Crippen molar-refractivity contribution in [3.05, 3.63) is 114 Å². The highest BCUT2D eigenvalue weighted by Crippen LogP contribution is 2.45. The molecule has 0 aliphatic rings. The van der Waals surface area contributed by atoms with Gasteiger partial charge in [0.25, 0.3) is 10.1 Å². The van der Waals surface area contributed by atoms with Crippen LogP contribution in [0.15, 0.2) is 159 Å². The molecule has 0 aliphatic heterocycles. The summed E-state index contributed by atoms with van der Waals surface area (Å²) in [6.45, 7) is 3.62. The van der Waals surface area contributed by atoms with Crippen molar-refractivity contribution < 1.29 is 52.4 Å². The van der Waals surface area contributed by atoms with Crippen LogP contribution in [0, 0.1) is 13.8 Å². The molecule has 0 amide bonds. The summed E-state index contributed by atoms with van der Waals surface area (Å²) in [5, 5.41) is 79.9. The first kappa shape index (κ1) is 41.6. The number of hydrogen-bond donors (Lipinski definition) is 5. The number of azo groups is 4. The molecular weight excluding hydrogens is 817 g/mol. The molecule has 0 saturated heterocycles. The SMILES string of the molecule is Cc1cc(N=Nc2c(SOOO)cc3cc(N=Nc4ccc(O)cc4)ccc3c2O)c(C)cc1N=Nc1ccc(N=Nc2ccc(SOOO)cc2S(=O)(=O)O)cc1. The van der Waals surface area contributed by atoms with Crippen LogP contribution in [-0.2, 0) is 28.9 Å². The summed E-state index contributed by atoms with van der Waals surface area (Å²) in [4.78, 5) is -0.0760. The molecule has 0 aliphatic carbocycles. The molecule has 22 heteroatoms. The summed E-state index contributed by atoms with van der Waals surface area (Å²) in [7, 11) is -4.68. The molecule has 0 aromatic heterocycles. The summed E-state index contributed by atoms with van der Waals surface area (Å²) in [5.74, 6) is -0.105. The second-order valence-corrected chi connectivity index (χ2v) is 14.7. The van der Waals surface area contributed by atoms with Gasteiger partial charge in [0.15, 0.2) is 5.75 Å². The van der Waals surface area contributed by atoms with Crippen molar-refractivity contribution in [3.8, 4) is 11.5 Å². The summed E-state index contributed by atoms with van der Waals surface area (Å²) < 4.78 is 42.4. The van der Waals surface area contributed by atoms with Crippen molar-refractivity contribution in [2.45, 2.75) is 28.5 Å². The maximum absolute atomic E-state index is 11.9. The Balaban J connectivity index is 1.18. The van der Waals surface area contributed by atoms with Crippen LogP contribution in [0.5, 0.6) is 11.5 Å². The second-order valence-electron chi connectivity index (χ2n) is 11.8. The van der Waals surface area contributed by atoms with Crippen molar-refractivity contribution >= 4 is 90.5 Å². The molecule has 0 radical (unpaired) electrons. The van der Waals surface area contributed by atoms with E-state index < -0.39 is 15.0 Å². The molecular formula is C36H28N8O11S3. The fourth-order valence-electron chi connectivity index (χ4n) is 5.05. The third kappa shape index (κ3) is 10.7. The molecule has 6 aromatic carbocycles. The maximum atomic E-state index is 11.9. The maximum Gasteiger partial charge on any atom is 0.296 e. The van der Waals surface area contributed by atoms with Crippen molar-refractivity contribution in [2.75, 3.05) is 0 Å². The highest BCUT2D eigenvalue weighted by atomic mass is 32.2. The highest BCUT2D eigenvalue weighted by Gasteiger charge is 2.18. The van der Waals surface area contributed by atoms with E-state index in [0.29, 0.717) is 80.1 Å². The van der Waals surface area contributed by atoms with Crippen LogP contribution in [0.4, 0.5) is 45.5 Å². The van der Waals surface area contributed by atoms with E-state index in [-0.39, 0.29) is 32.7 Å². The fraction of sp³-hybridized carbons (Fsp3) is 0.0556. The van der Waals surface area contributed by atoms with Gasteiger partial charge in [0.1, 0.15) is 22.0 Å². The molecule has 0 saturated carbocycles. The first-order chi connectivity index (χ1) is 27.9. The monoisotopic (exact) mass is 844 g/mol. The Morgan fingerprint density at radius 2 is 1.07 bits per heavy atom. The predicted octanol–water partition coefficient (Wildman–Crippen LogP) is 12.6. The lowest BCUT2D eigenvalue weighted by Gasteiger charge is -2.10. The molecule has 0 fully saturated rings. The molecule has 6 rings (SSSR count).